The molecule has 2 atom stereocenters. The fourth-order valence-corrected chi connectivity index (χ4v) is 6.12. The summed E-state index contributed by atoms with van der Waals surface area (Å²) in [6.07, 6.45) is 0.688. The third kappa shape index (κ3) is 3.48. The molecule has 1 aromatic carbocycles. The number of carbonyl (C=O) groups excluding carboxylic acids is 2. The molecular weight excluding hydrogens is 366 g/mol. The summed E-state index contributed by atoms with van der Waals surface area (Å²) in [7, 11) is -2.90. The van der Waals surface area contributed by atoms with Crippen molar-refractivity contribution in [3.8, 4) is 0 Å². The molecule has 4 rings (SSSR count). The van der Waals surface area contributed by atoms with Crippen molar-refractivity contribution >= 4 is 21.7 Å². The minimum atomic E-state index is -2.90. The Morgan fingerprint density at radius 3 is 2.48 bits per heavy atom. The van der Waals surface area contributed by atoms with Gasteiger partial charge in [-0.1, -0.05) is 18.2 Å². The molecule has 8 heteroatoms. The third-order valence-electron chi connectivity index (χ3n) is 6.02. The molecule has 7 nitrogen and oxygen atoms in total. The first kappa shape index (κ1) is 18.4. The molecule has 0 radical (unpaired) electrons. The first-order valence-electron chi connectivity index (χ1n) is 9.48. The van der Waals surface area contributed by atoms with Gasteiger partial charge in [0.25, 0.3) is 5.91 Å². The molecule has 0 aliphatic carbocycles. The molecule has 146 valence electrons. The van der Waals surface area contributed by atoms with Crippen LogP contribution in [-0.2, 0) is 21.2 Å². The van der Waals surface area contributed by atoms with Gasteiger partial charge in [0.05, 0.1) is 11.5 Å². The lowest BCUT2D eigenvalue weighted by Crippen LogP contribution is -2.56. The van der Waals surface area contributed by atoms with Crippen molar-refractivity contribution in [1.82, 2.24) is 14.7 Å². The van der Waals surface area contributed by atoms with Crippen molar-refractivity contribution < 1.29 is 18.0 Å². The highest BCUT2D eigenvalue weighted by Gasteiger charge is 2.38. The molecule has 0 aromatic heterocycles. The van der Waals surface area contributed by atoms with Crippen molar-refractivity contribution in [3.05, 3.63) is 35.4 Å². The van der Waals surface area contributed by atoms with Gasteiger partial charge in [-0.3, -0.25) is 14.5 Å². The monoisotopic (exact) mass is 391 g/mol. The average Bonchev–Trinajstić information content (AvgIpc) is 3.20. The van der Waals surface area contributed by atoms with E-state index >= 15 is 0 Å². The molecule has 27 heavy (non-hydrogen) atoms. The third-order valence-corrected chi connectivity index (χ3v) is 7.78. The van der Waals surface area contributed by atoms with E-state index in [-0.39, 0.29) is 29.4 Å². The van der Waals surface area contributed by atoms with Gasteiger partial charge in [0.1, 0.15) is 6.04 Å². The van der Waals surface area contributed by atoms with E-state index in [2.05, 4.69) is 4.90 Å². The quantitative estimate of drug-likeness (QED) is 0.744. The van der Waals surface area contributed by atoms with Crippen LogP contribution in [-0.4, -0.2) is 84.7 Å². The largest absolute Gasteiger partial charge is 0.338 e. The SMILES string of the molecule is C[C@H](C(=O)N1CCN([C@H]2CCS(=O)(=O)C2)CC1)N1Cc2ccccc2C1=O. The number of carbonyl (C=O) groups is 2. The number of sulfone groups is 1. The number of rotatable bonds is 3. The smallest absolute Gasteiger partial charge is 0.255 e. The summed E-state index contributed by atoms with van der Waals surface area (Å²) in [4.78, 5) is 31.2. The lowest BCUT2D eigenvalue weighted by molar-refractivity contribution is -0.137. The fraction of sp³-hybridized carbons (Fsp3) is 0.579. The van der Waals surface area contributed by atoms with E-state index in [1.807, 2.05) is 24.3 Å². The van der Waals surface area contributed by atoms with Crippen LogP contribution in [0.25, 0.3) is 0 Å². The lowest BCUT2D eigenvalue weighted by atomic mass is 10.1. The second-order valence-electron chi connectivity index (χ2n) is 7.68. The number of hydrogen-bond acceptors (Lipinski definition) is 5. The molecule has 0 bridgehead atoms. The van der Waals surface area contributed by atoms with Gasteiger partial charge in [-0.2, -0.15) is 0 Å². The van der Waals surface area contributed by atoms with Gasteiger partial charge in [0, 0.05) is 44.3 Å². The Labute approximate surface area is 159 Å². The van der Waals surface area contributed by atoms with E-state index in [1.54, 1.807) is 16.7 Å². The number of hydrogen-bond donors (Lipinski definition) is 0. The Bertz CT molecular complexity index is 861. The zero-order chi connectivity index (χ0) is 19.2. The zero-order valence-electron chi connectivity index (χ0n) is 15.5. The molecule has 0 saturated carbocycles. The van der Waals surface area contributed by atoms with Crippen molar-refractivity contribution in [2.75, 3.05) is 37.7 Å². The van der Waals surface area contributed by atoms with Crippen LogP contribution in [0.2, 0.25) is 0 Å². The Morgan fingerprint density at radius 1 is 1.15 bits per heavy atom. The van der Waals surface area contributed by atoms with E-state index in [0.29, 0.717) is 44.7 Å². The Hall–Kier alpha value is -1.93. The van der Waals surface area contributed by atoms with Crippen LogP contribution < -0.4 is 0 Å². The maximum absolute atomic E-state index is 12.9. The van der Waals surface area contributed by atoms with Crippen LogP contribution in [0.3, 0.4) is 0 Å². The van der Waals surface area contributed by atoms with Gasteiger partial charge in [-0.25, -0.2) is 8.42 Å². The van der Waals surface area contributed by atoms with Crippen molar-refractivity contribution in [3.63, 3.8) is 0 Å². The molecule has 2 saturated heterocycles. The molecule has 2 amide bonds. The highest BCUT2D eigenvalue weighted by Crippen LogP contribution is 2.25. The summed E-state index contributed by atoms with van der Waals surface area (Å²) in [5, 5.41) is 0. The minimum Gasteiger partial charge on any atom is -0.338 e. The predicted octanol–water partition coefficient (Wildman–Crippen LogP) is 0.362. The molecule has 3 heterocycles. The van der Waals surface area contributed by atoms with Gasteiger partial charge >= 0.3 is 0 Å². The number of amides is 2. The first-order valence-corrected chi connectivity index (χ1v) is 11.3. The van der Waals surface area contributed by atoms with Crippen LogP contribution in [0.4, 0.5) is 0 Å². The number of nitrogens with zero attached hydrogens (tertiary/aromatic N) is 3. The predicted molar refractivity (Wildman–Crippen MR) is 101 cm³/mol. The van der Waals surface area contributed by atoms with Gasteiger partial charge in [0.2, 0.25) is 5.91 Å². The summed E-state index contributed by atoms with van der Waals surface area (Å²) < 4.78 is 23.4. The second-order valence-corrected chi connectivity index (χ2v) is 9.91. The van der Waals surface area contributed by atoms with E-state index < -0.39 is 15.9 Å². The Morgan fingerprint density at radius 2 is 1.85 bits per heavy atom. The highest BCUT2D eigenvalue weighted by atomic mass is 32.2. The standard InChI is InChI=1S/C19H25N3O4S/c1-14(22-12-15-4-2-3-5-17(15)19(22)24)18(23)21-9-7-20(8-10-21)16-6-11-27(25,26)13-16/h2-5,14,16H,6-13H2,1H3/t14-,16+/m1/s1. The van der Waals surface area contributed by atoms with E-state index in [0.717, 1.165) is 5.56 Å². The molecule has 2 fully saturated rings. The number of fused-ring (bicyclic) bond motifs is 1. The molecule has 1 aromatic rings. The second kappa shape index (κ2) is 6.91. The summed E-state index contributed by atoms with van der Waals surface area (Å²) in [5.74, 6) is 0.389. The van der Waals surface area contributed by atoms with Crippen LogP contribution >= 0.6 is 0 Å². The zero-order valence-corrected chi connectivity index (χ0v) is 16.3. The van der Waals surface area contributed by atoms with Crippen molar-refractivity contribution in [2.45, 2.75) is 32.0 Å². The molecule has 0 N–H and O–H groups in total. The van der Waals surface area contributed by atoms with E-state index in [4.69, 9.17) is 0 Å². The molecule has 3 aliphatic heterocycles. The van der Waals surface area contributed by atoms with Crippen LogP contribution in [0.5, 0.6) is 0 Å². The molecular formula is C19H25N3O4S. The van der Waals surface area contributed by atoms with Gasteiger partial charge < -0.3 is 9.80 Å². The Kier molecular flexibility index (Phi) is 4.71. The van der Waals surface area contributed by atoms with Crippen LogP contribution in [0.1, 0.15) is 29.3 Å². The van der Waals surface area contributed by atoms with Crippen LogP contribution in [0, 0.1) is 0 Å². The summed E-state index contributed by atoms with van der Waals surface area (Å²) in [5.41, 5.74) is 1.65. The molecule has 0 spiro atoms. The molecule has 3 aliphatic rings. The summed E-state index contributed by atoms with van der Waals surface area (Å²) in [6, 6.07) is 7.07. The average molecular weight is 391 g/mol. The minimum absolute atomic E-state index is 0.0325. The normalized spacial score (nSPS) is 26.3. The first-order chi connectivity index (χ1) is 12.9. The maximum Gasteiger partial charge on any atom is 0.255 e. The van der Waals surface area contributed by atoms with E-state index in [9.17, 15) is 18.0 Å². The fourth-order valence-electron chi connectivity index (χ4n) is 4.36. The lowest BCUT2D eigenvalue weighted by Gasteiger charge is -2.39. The maximum atomic E-state index is 12.9. The van der Waals surface area contributed by atoms with Gasteiger partial charge in [0.15, 0.2) is 9.84 Å². The van der Waals surface area contributed by atoms with Crippen LogP contribution in [0.15, 0.2) is 24.3 Å². The number of piperazine rings is 1. The van der Waals surface area contributed by atoms with Gasteiger partial charge in [-0.05, 0) is 25.0 Å². The van der Waals surface area contributed by atoms with Crippen molar-refractivity contribution in [1.29, 1.82) is 0 Å². The highest BCUT2D eigenvalue weighted by molar-refractivity contribution is 7.91. The topological polar surface area (TPSA) is 78.0 Å². The summed E-state index contributed by atoms with van der Waals surface area (Å²) >= 11 is 0. The Balaban J connectivity index is 1.35. The summed E-state index contributed by atoms with van der Waals surface area (Å²) in [6.45, 7) is 4.80. The van der Waals surface area contributed by atoms with E-state index in [1.165, 1.54) is 0 Å². The van der Waals surface area contributed by atoms with Crippen molar-refractivity contribution in [2.24, 2.45) is 0 Å². The molecule has 0 unspecified atom stereocenters. The van der Waals surface area contributed by atoms with Gasteiger partial charge in [-0.15, -0.1) is 0 Å². The number of benzene rings is 1.